The second kappa shape index (κ2) is 6.88. The molecule has 136 valence electrons. The number of aliphatic hydroxyl groups excluding tert-OH is 1. The zero-order valence-electron chi connectivity index (χ0n) is 14.6. The van der Waals surface area contributed by atoms with E-state index in [1.54, 1.807) is 12.1 Å². The molecular formula is C20H22N2O4. The molecule has 2 aliphatic rings. The number of likely N-dealkylation sites (N-methyl/N-ethyl adjacent to an activating group) is 1. The van der Waals surface area contributed by atoms with Crippen LogP contribution >= 0.6 is 0 Å². The Hall–Kier alpha value is -2.73. The van der Waals surface area contributed by atoms with Crippen LogP contribution in [0.5, 0.6) is 11.5 Å². The highest BCUT2D eigenvalue weighted by Crippen LogP contribution is 2.31. The molecule has 1 amide bonds. The van der Waals surface area contributed by atoms with Gasteiger partial charge in [-0.2, -0.15) is 0 Å². The van der Waals surface area contributed by atoms with Crippen LogP contribution in [0.4, 0.5) is 5.69 Å². The summed E-state index contributed by atoms with van der Waals surface area (Å²) in [7, 11) is 2.06. The van der Waals surface area contributed by atoms with Crippen LogP contribution in [0.3, 0.4) is 0 Å². The fourth-order valence-electron chi connectivity index (χ4n) is 3.37. The molecule has 2 aromatic carbocycles. The first-order chi connectivity index (χ1) is 12.6. The molecule has 0 spiro atoms. The lowest BCUT2D eigenvalue weighted by Gasteiger charge is -2.26. The number of rotatable bonds is 4. The quantitative estimate of drug-likeness (QED) is 0.874. The van der Waals surface area contributed by atoms with Gasteiger partial charge in [-0.1, -0.05) is 24.3 Å². The Morgan fingerprint density at radius 2 is 2.12 bits per heavy atom. The summed E-state index contributed by atoms with van der Waals surface area (Å²) in [5, 5.41) is 13.2. The molecule has 6 nitrogen and oxygen atoms in total. The van der Waals surface area contributed by atoms with Crippen LogP contribution in [-0.2, 0) is 11.2 Å². The second-order valence-corrected chi connectivity index (χ2v) is 6.68. The van der Waals surface area contributed by atoms with Crippen molar-refractivity contribution in [3.63, 3.8) is 0 Å². The van der Waals surface area contributed by atoms with Gasteiger partial charge in [-0.15, -0.1) is 0 Å². The van der Waals surface area contributed by atoms with E-state index in [2.05, 4.69) is 17.3 Å². The first-order valence-electron chi connectivity index (χ1n) is 8.80. The largest absolute Gasteiger partial charge is 0.485 e. The number of benzene rings is 2. The third kappa shape index (κ3) is 3.20. The molecule has 4 rings (SSSR count). The second-order valence-electron chi connectivity index (χ2n) is 6.68. The Bertz CT molecular complexity index is 823. The molecule has 0 radical (unpaired) electrons. The van der Waals surface area contributed by atoms with Crippen molar-refractivity contribution in [2.45, 2.75) is 18.6 Å². The van der Waals surface area contributed by atoms with Crippen molar-refractivity contribution in [2.75, 3.05) is 31.6 Å². The molecule has 2 N–H and O–H groups in total. The van der Waals surface area contributed by atoms with Crippen LogP contribution in [0.1, 0.15) is 17.2 Å². The first kappa shape index (κ1) is 16.7. The maximum atomic E-state index is 12.3. The van der Waals surface area contributed by atoms with E-state index in [1.165, 1.54) is 11.3 Å². The van der Waals surface area contributed by atoms with Crippen LogP contribution in [0.15, 0.2) is 42.5 Å². The summed E-state index contributed by atoms with van der Waals surface area (Å²) in [6.07, 6.45) is -0.497. The van der Waals surface area contributed by atoms with Crippen molar-refractivity contribution < 1.29 is 19.4 Å². The van der Waals surface area contributed by atoms with E-state index in [9.17, 15) is 9.90 Å². The summed E-state index contributed by atoms with van der Waals surface area (Å²) in [5.41, 5.74) is 3.25. The Morgan fingerprint density at radius 3 is 2.96 bits per heavy atom. The number of aliphatic hydroxyl groups is 1. The van der Waals surface area contributed by atoms with Crippen LogP contribution in [0.2, 0.25) is 0 Å². The maximum absolute atomic E-state index is 12.3. The summed E-state index contributed by atoms with van der Waals surface area (Å²) < 4.78 is 11.2. The number of nitrogens with one attached hydrogen (secondary N) is 1. The molecule has 0 saturated carbocycles. The molecule has 0 fully saturated rings. The van der Waals surface area contributed by atoms with Crippen molar-refractivity contribution >= 4 is 11.6 Å². The highest BCUT2D eigenvalue weighted by atomic mass is 16.6. The third-order valence-corrected chi connectivity index (χ3v) is 4.89. The van der Waals surface area contributed by atoms with Crippen LogP contribution in [0, 0.1) is 0 Å². The summed E-state index contributed by atoms with van der Waals surface area (Å²) in [5.74, 6) is 0.904. The summed E-state index contributed by atoms with van der Waals surface area (Å²) >= 11 is 0. The van der Waals surface area contributed by atoms with Gasteiger partial charge < -0.3 is 24.8 Å². The lowest BCUT2D eigenvalue weighted by atomic mass is 10.0. The molecule has 26 heavy (non-hydrogen) atoms. The number of ether oxygens (including phenoxy) is 2. The molecule has 2 unspecified atom stereocenters. The van der Waals surface area contributed by atoms with Gasteiger partial charge in [0.2, 0.25) is 6.10 Å². The van der Waals surface area contributed by atoms with Gasteiger partial charge >= 0.3 is 0 Å². The molecule has 2 atom stereocenters. The molecule has 0 saturated heterocycles. The van der Waals surface area contributed by atoms with E-state index in [0.717, 1.165) is 18.5 Å². The monoisotopic (exact) mass is 354 g/mol. The van der Waals surface area contributed by atoms with Crippen molar-refractivity contribution in [1.29, 1.82) is 0 Å². The van der Waals surface area contributed by atoms with Gasteiger partial charge in [-0.05, 0) is 35.7 Å². The molecule has 2 aromatic rings. The number of carbonyl (C=O) groups excluding carboxylic acids is 1. The predicted octanol–water partition coefficient (Wildman–Crippen LogP) is 1.67. The molecular weight excluding hydrogens is 332 g/mol. The zero-order chi connectivity index (χ0) is 18.1. The Balaban J connectivity index is 1.35. The molecule has 0 aliphatic carbocycles. The minimum atomic E-state index is -0.757. The minimum absolute atomic E-state index is 0.134. The first-order valence-corrected chi connectivity index (χ1v) is 8.80. The number of hydrogen-bond donors (Lipinski definition) is 2. The maximum Gasteiger partial charge on any atom is 0.264 e. The van der Waals surface area contributed by atoms with E-state index < -0.39 is 12.2 Å². The highest BCUT2D eigenvalue weighted by Gasteiger charge is 2.27. The van der Waals surface area contributed by atoms with Gasteiger partial charge in [0.05, 0.1) is 6.10 Å². The molecule has 2 aliphatic heterocycles. The topological polar surface area (TPSA) is 71.0 Å². The van der Waals surface area contributed by atoms with Crippen LogP contribution in [-0.4, -0.2) is 43.9 Å². The summed E-state index contributed by atoms with van der Waals surface area (Å²) in [4.78, 5) is 14.5. The summed E-state index contributed by atoms with van der Waals surface area (Å²) in [6, 6.07) is 13.2. The van der Waals surface area contributed by atoms with E-state index >= 15 is 0 Å². The van der Waals surface area contributed by atoms with Gasteiger partial charge in [-0.25, -0.2) is 0 Å². The average molecular weight is 354 g/mol. The molecule has 6 heteroatoms. The Morgan fingerprint density at radius 1 is 1.31 bits per heavy atom. The smallest absolute Gasteiger partial charge is 0.264 e. The number of hydrogen-bond acceptors (Lipinski definition) is 5. The SMILES string of the molecule is CN1CCc2cc(C(O)CNC(=O)C3COc4ccccc4O3)ccc21. The molecule has 0 bridgehead atoms. The normalized spacial score (nSPS) is 19.0. The summed E-state index contributed by atoms with van der Waals surface area (Å²) in [6.45, 7) is 1.28. The lowest BCUT2D eigenvalue weighted by molar-refractivity contribution is -0.130. The molecule has 2 heterocycles. The highest BCUT2D eigenvalue weighted by molar-refractivity contribution is 5.81. The lowest BCUT2D eigenvalue weighted by Crippen LogP contribution is -2.45. The van der Waals surface area contributed by atoms with Crippen molar-refractivity contribution in [1.82, 2.24) is 5.32 Å². The number of para-hydroxylation sites is 2. The van der Waals surface area contributed by atoms with Crippen molar-refractivity contribution in [3.05, 3.63) is 53.6 Å². The van der Waals surface area contributed by atoms with Gasteiger partial charge in [0, 0.05) is 25.8 Å². The number of carbonyl (C=O) groups is 1. The van der Waals surface area contributed by atoms with Crippen molar-refractivity contribution in [3.8, 4) is 11.5 Å². The van der Waals surface area contributed by atoms with Gasteiger partial charge in [-0.3, -0.25) is 4.79 Å². The van der Waals surface area contributed by atoms with Crippen molar-refractivity contribution in [2.24, 2.45) is 0 Å². The average Bonchev–Trinajstić information content (AvgIpc) is 3.05. The number of amides is 1. The van der Waals surface area contributed by atoms with Gasteiger partial charge in [0.1, 0.15) is 6.61 Å². The van der Waals surface area contributed by atoms with E-state index in [4.69, 9.17) is 9.47 Å². The van der Waals surface area contributed by atoms with E-state index in [-0.39, 0.29) is 19.1 Å². The predicted molar refractivity (Wildman–Crippen MR) is 97.7 cm³/mol. The number of anilines is 1. The van der Waals surface area contributed by atoms with E-state index in [0.29, 0.717) is 11.5 Å². The fraction of sp³-hybridized carbons (Fsp3) is 0.350. The standard InChI is InChI=1S/C20H22N2O4/c1-22-9-8-13-10-14(6-7-15(13)22)16(23)11-21-20(24)19-12-25-17-4-2-3-5-18(17)26-19/h2-7,10,16,19,23H,8-9,11-12H2,1H3,(H,21,24). The van der Waals surface area contributed by atoms with E-state index in [1.807, 2.05) is 30.3 Å². The fourth-order valence-corrected chi connectivity index (χ4v) is 3.37. The van der Waals surface area contributed by atoms with Crippen LogP contribution in [0.25, 0.3) is 0 Å². The molecule has 0 aromatic heterocycles. The number of fused-ring (bicyclic) bond motifs is 2. The number of nitrogens with zero attached hydrogens (tertiary/aromatic N) is 1. The third-order valence-electron chi connectivity index (χ3n) is 4.89. The van der Waals surface area contributed by atoms with Gasteiger partial charge in [0.25, 0.3) is 5.91 Å². The Labute approximate surface area is 152 Å². The Kier molecular flexibility index (Phi) is 4.42. The van der Waals surface area contributed by atoms with Gasteiger partial charge in [0.15, 0.2) is 11.5 Å². The van der Waals surface area contributed by atoms with Crippen LogP contribution < -0.4 is 19.7 Å². The zero-order valence-corrected chi connectivity index (χ0v) is 14.6. The minimum Gasteiger partial charge on any atom is -0.485 e.